The van der Waals surface area contributed by atoms with Crippen LogP contribution in [0, 0.1) is 6.92 Å². The van der Waals surface area contributed by atoms with E-state index in [-0.39, 0.29) is 18.5 Å². The van der Waals surface area contributed by atoms with Gasteiger partial charge in [-0.2, -0.15) is 0 Å². The number of rotatable bonds is 3. The molecule has 0 N–H and O–H groups in total. The lowest BCUT2D eigenvalue weighted by molar-refractivity contribution is 0.364. The highest BCUT2D eigenvalue weighted by Gasteiger charge is 2.22. The van der Waals surface area contributed by atoms with Crippen molar-refractivity contribution in [3.05, 3.63) is 71.7 Å². The van der Waals surface area contributed by atoms with Gasteiger partial charge in [0.15, 0.2) is 0 Å². The zero-order valence-corrected chi connectivity index (χ0v) is 21.7. The standard InChI is InChI=1S/C15H19N.C14H25N.CH4/c1-12-10-11-14(16(12)15(2,3)4)13-8-6-5-7-9-13;1-10(2)12-8-9-13(11(3)4)15(12)14(5,6)7;/h5-11H,1-4H3;8-11H,1-7H3;1H4. The number of benzene rings is 1. The van der Waals surface area contributed by atoms with Gasteiger partial charge in [-0.3, -0.25) is 0 Å². The molecule has 1 aromatic carbocycles. The molecule has 0 spiro atoms. The maximum Gasteiger partial charge on any atom is 0.0487 e. The summed E-state index contributed by atoms with van der Waals surface area (Å²) in [4.78, 5) is 0. The molecule has 0 bridgehead atoms. The Morgan fingerprint density at radius 1 is 0.594 bits per heavy atom. The topological polar surface area (TPSA) is 9.86 Å². The molecule has 2 heterocycles. The summed E-state index contributed by atoms with van der Waals surface area (Å²) in [6.45, 7) is 24.8. The van der Waals surface area contributed by atoms with Crippen LogP contribution in [0.15, 0.2) is 54.6 Å². The summed E-state index contributed by atoms with van der Waals surface area (Å²) in [5.41, 5.74) is 7.10. The van der Waals surface area contributed by atoms with Crippen LogP contribution >= 0.6 is 0 Å². The summed E-state index contributed by atoms with van der Waals surface area (Å²) < 4.78 is 4.89. The summed E-state index contributed by atoms with van der Waals surface area (Å²) in [5.74, 6) is 1.19. The zero-order chi connectivity index (χ0) is 23.6. The quantitative estimate of drug-likeness (QED) is 0.387. The highest BCUT2D eigenvalue weighted by molar-refractivity contribution is 5.61. The smallest absolute Gasteiger partial charge is 0.0487 e. The second-order valence-corrected chi connectivity index (χ2v) is 11.2. The van der Waals surface area contributed by atoms with Crippen molar-refractivity contribution >= 4 is 0 Å². The first-order valence-electron chi connectivity index (χ1n) is 11.7. The largest absolute Gasteiger partial charge is 0.343 e. The van der Waals surface area contributed by atoms with Crippen molar-refractivity contribution in [2.75, 3.05) is 0 Å². The van der Waals surface area contributed by atoms with Crippen LogP contribution in [0.3, 0.4) is 0 Å². The number of hydrogen-bond donors (Lipinski definition) is 0. The third kappa shape index (κ3) is 6.40. The Labute approximate surface area is 198 Å². The van der Waals surface area contributed by atoms with E-state index >= 15 is 0 Å². The Morgan fingerprint density at radius 3 is 1.41 bits per heavy atom. The molecule has 0 fully saturated rings. The lowest BCUT2D eigenvalue weighted by Crippen LogP contribution is -2.26. The van der Waals surface area contributed by atoms with Crippen molar-refractivity contribution in [1.29, 1.82) is 0 Å². The predicted octanol–water partition coefficient (Wildman–Crippen LogP) is 9.34. The fourth-order valence-corrected chi connectivity index (χ4v) is 4.41. The van der Waals surface area contributed by atoms with Gasteiger partial charge in [-0.05, 0) is 90.1 Å². The Hall–Kier alpha value is -2.22. The molecule has 0 atom stereocenters. The molecule has 0 saturated heterocycles. The average molecular weight is 437 g/mol. The molecular formula is C30H48N2. The molecule has 0 amide bonds. The second kappa shape index (κ2) is 10.6. The van der Waals surface area contributed by atoms with Gasteiger partial charge in [0.05, 0.1) is 0 Å². The Balaban J connectivity index is 0.000000311. The number of hydrogen-bond acceptors (Lipinski definition) is 0. The average Bonchev–Trinajstić information content (AvgIpc) is 3.26. The van der Waals surface area contributed by atoms with Crippen LogP contribution in [0.25, 0.3) is 11.3 Å². The van der Waals surface area contributed by atoms with E-state index in [2.05, 4.69) is 140 Å². The Bertz CT molecular complexity index is 929. The minimum atomic E-state index is 0. The molecule has 0 aliphatic rings. The van der Waals surface area contributed by atoms with Crippen molar-refractivity contribution in [3.8, 4) is 11.3 Å². The minimum absolute atomic E-state index is 0. The predicted molar refractivity (Wildman–Crippen MR) is 144 cm³/mol. The molecule has 2 aromatic heterocycles. The van der Waals surface area contributed by atoms with Gasteiger partial charge in [0.1, 0.15) is 0 Å². The maximum absolute atomic E-state index is 2.50. The van der Waals surface area contributed by atoms with Gasteiger partial charge < -0.3 is 9.13 Å². The van der Waals surface area contributed by atoms with E-state index in [0.29, 0.717) is 11.8 Å². The third-order valence-corrected chi connectivity index (χ3v) is 5.61. The van der Waals surface area contributed by atoms with Crippen LogP contribution in [-0.2, 0) is 11.1 Å². The molecule has 0 unspecified atom stereocenters. The molecular weight excluding hydrogens is 388 g/mol. The highest BCUT2D eigenvalue weighted by atomic mass is 15.1. The molecule has 0 saturated carbocycles. The molecule has 178 valence electrons. The van der Waals surface area contributed by atoms with Crippen molar-refractivity contribution < 1.29 is 0 Å². The van der Waals surface area contributed by atoms with Crippen LogP contribution in [0.2, 0.25) is 0 Å². The summed E-state index contributed by atoms with van der Waals surface area (Å²) in [6.07, 6.45) is 0. The zero-order valence-electron chi connectivity index (χ0n) is 21.7. The van der Waals surface area contributed by atoms with Gasteiger partial charge in [0.25, 0.3) is 0 Å². The number of nitrogens with zero attached hydrogens (tertiary/aromatic N) is 2. The molecule has 2 nitrogen and oxygen atoms in total. The van der Waals surface area contributed by atoms with Gasteiger partial charge >= 0.3 is 0 Å². The van der Waals surface area contributed by atoms with E-state index in [1.54, 1.807) is 0 Å². The van der Waals surface area contributed by atoms with Crippen molar-refractivity contribution in [1.82, 2.24) is 9.13 Å². The van der Waals surface area contributed by atoms with Crippen LogP contribution in [0.5, 0.6) is 0 Å². The lowest BCUT2D eigenvalue weighted by Gasteiger charge is -2.30. The number of aryl methyl sites for hydroxylation is 1. The van der Waals surface area contributed by atoms with Gasteiger partial charge in [0, 0.05) is 33.9 Å². The van der Waals surface area contributed by atoms with Gasteiger partial charge in [-0.1, -0.05) is 65.5 Å². The van der Waals surface area contributed by atoms with E-state index in [4.69, 9.17) is 0 Å². The Morgan fingerprint density at radius 2 is 1.03 bits per heavy atom. The fraction of sp³-hybridized carbons (Fsp3) is 0.533. The van der Waals surface area contributed by atoms with Crippen LogP contribution < -0.4 is 0 Å². The SMILES string of the molecule is C.CC(C)c1ccc(C(C)C)n1C(C)(C)C.Cc1ccc(-c2ccccc2)n1C(C)(C)C. The normalized spacial score (nSPS) is 11.9. The Kier molecular flexibility index (Phi) is 9.21. The van der Waals surface area contributed by atoms with E-state index < -0.39 is 0 Å². The third-order valence-electron chi connectivity index (χ3n) is 5.61. The minimum Gasteiger partial charge on any atom is -0.343 e. The maximum atomic E-state index is 2.50. The summed E-state index contributed by atoms with van der Waals surface area (Å²) in [6, 6.07) is 19.5. The van der Waals surface area contributed by atoms with Crippen molar-refractivity contribution in [3.63, 3.8) is 0 Å². The van der Waals surface area contributed by atoms with E-state index in [1.165, 1.54) is 28.3 Å². The molecule has 0 aliphatic heterocycles. The fourth-order valence-electron chi connectivity index (χ4n) is 4.41. The molecule has 3 aromatic rings. The van der Waals surface area contributed by atoms with E-state index in [1.807, 2.05) is 0 Å². The highest BCUT2D eigenvalue weighted by Crippen LogP contribution is 2.31. The first-order chi connectivity index (χ1) is 14.2. The van der Waals surface area contributed by atoms with Crippen LogP contribution in [-0.4, -0.2) is 9.13 Å². The lowest BCUT2D eigenvalue weighted by atomic mass is 10.0. The van der Waals surface area contributed by atoms with Crippen LogP contribution in [0.1, 0.15) is 106 Å². The monoisotopic (exact) mass is 436 g/mol. The summed E-state index contributed by atoms with van der Waals surface area (Å²) in [5, 5.41) is 0. The number of aromatic nitrogens is 2. The van der Waals surface area contributed by atoms with E-state index in [9.17, 15) is 0 Å². The molecule has 3 rings (SSSR count). The van der Waals surface area contributed by atoms with Gasteiger partial charge in [-0.25, -0.2) is 0 Å². The van der Waals surface area contributed by atoms with Crippen LogP contribution in [0.4, 0.5) is 0 Å². The van der Waals surface area contributed by atoms with Gasteiger partial charge in [0.2, 0.25) is 0 Å². The second-order valence-electron chi connectivity index (χ2n) is 11.2. The van der Waals surface area contributed by atoms with Gasteiger partial charge in [-0.15, -0.1) is 0 Å². The van der Waals surface area contributed by atoms with Crippen molar-refractivity contribution in [2.24, 2.45) is 0 Å². The molecule has 32 heavy (non-hydrogen) atoms. The summed E-state index contributed by atoms with van der Waals surface area (Å²) in [7, 11) is 0. The molecule has 0 aliphatic carbocycles. The first kappa shape index (κ1) is 27.8. The summed E-state index contributed by atoms with van der Waals surface area (Å²) >= 11 is 0. The van der Waals surface area contributed by atoms with E-state index in [0.717, 1.165) is 0 Å². The molecule has 0 radical (unpaired) electrons. The molecule has 2 heteroatoms. The first-order valence-corrected chi connectivity index (χ1v) is 11.7. The van der Waals surface area contributed by atoms with Crippen molar-refractivity contribution in [2.45, 2.75) is 107 Å².